The van der Waals surface area contributed by atoms with Gasteiger partial charge in [0, 0.05) is 26.7 Å². The number of furan rings is 1. The highest BCUT2D eigenvalue weighted by Gasteiger charge is 2.41. The van der Waals surface area contributed by atoms with Crippen LogP contribution in [0.4, 0.5) is 0 Å². The Morgan fingerprint density at radius 1 is 1.32 bits per heavy atom. The van der Waals surface area contributed by atoms with Crippen molar-refractivity contribution in [2.75, 3.05) is 33.4 Å². The van der Waals surface area contributed by atoms with Crippen LogP contribution in [0.15, 0.2) is 22.8 Å². The van der Waals surface area contributed by atoms with E-state index in [1.54, 1.807) is 22.0 Å². The van der Waals surface area contributed by atoms with Crippen LogP contribution in [-0.4, -0.2) is 50.4 Å². The summed E-state index contributed by atoms with van der Waals surface area (Å²) in [4.78, 5) is 0. The van der Waals surface area contributed by atoms with Crippen molar-refractivity contribution in [2.45, 2.75) is 31.7 Å². The highest BCUT2D eigenvalue weighted by Crippen LogP contribution is 2.36. The molecule has 124 valence electrons. The fourth-order valence-corrected chi connectivity index (χ4v) is 5.48. The minimum Gasteiger partial charge on any atom is -0.468 e. The Kier molecular flexibility index (Phi) is 4.87. The van der Waals surface area contributed by atoms with E-state index in [0.717, 1.165) is 31.4 Å². The maximum atomic E-state index is 13.0. The van der Waals surface area contributed by atoms with E-state index in [1.165, 1.54) is 0 Å². The zero-order valence-electron chi connectivity index (χ0n) is 13.0. The van der Waals surface area contributed by atoms with Gasteiger partial charge in [0.15, 0.2) is 0 Å². The van der Waals surface area contributed by atoms with E-state index in [4.69, 9.17) is 9.15 Å². The van der Waals surface area contributed by atoms with E-state index < -0.39 is 10.2 Å². The van der Waals surface area contributed by atoms with Crippen molar-refractivity contribution in [1.29, 1.82) is 0 Å². The number of hydrogen-bond donors (Lipinski definition) is 0. The molecule has 0 radical (unpaired) electrons. The molecule has 2 atom stereocenters. The highest BCUT2D eigenvalue weighted by molar-refractivity contribution is 7.86. The van der Waals surface area contributed by atoms with Gasteiger partial charge in [-0.15, -0.1) is 0 Å². The molecule has 0 aliphatic carbocycles. The third kappa shape index (κ3) is 3.08. The molecule has 0 N–H and O–H groups in total. The summed E-state index contributed by atoms with van der Waals surface area (Å²) in [6.45, 7) is 2.34. The Morgan fingerprint density at radius 2 is 2.14 bits per heavy atom. The van der Waals surface area contributed by atoms with Gasteiger partial charge in [-0.25, -0.2) is 0 Å². The summed E-state index contributed by atoms with van der Waals surface area (Å²) in [5.74, 6) is 1.03. The maximum absolute atomic E-state index is 13.0. The van der Waals surface area contributed by atoms with Crippen LogP contribution in [-0.2, 0) is 14.9 Å². The molecule has 2 saturated heterocycles. The number of piperidine rings is 1. The van der Waals surface area contributed by atoms with E-state index in [-0.39, 0.29) is 12.0 Å². The van der Waals surface area contributed by atoms with Gasteiger partial charge in [0.05, 0.1) is 18.9 Å². The quantitative estimate of drug-likeness (QED) is 0.829. The predicted molar refractivity (Wildman–Crippen MR) is 82.5 cm³/mol. The lowest BCUT2D eigenvalue weighted by atomic mass is 10.0. The molecular formula is C15H24N2O4S. The Bertz CT molecular complexity index is 570. The van der Waals surface area contributed by atoms with E-state index in [9.17, 15) is 8.42 Å². The van der Waals surface area contributed by atoms with Gasteiger partial charge in [-0.05, 0) is 43.7 Å². The second kappa shape index (κ2) is 6.70. The van der Waals surface area contributed by atoms with Gasteiger partial charge < -0.3 is 9.15 Å². The van der Waals surface area contributed by atoms with Gasteiger partial charge >= 0.3 is 0 Å². The zero-order chi connectivity index (χ0) is 15.6. The summed E-state index contributed by atoms with van der Waals surface area (Å²) < 4.78 is 39.9. The normalized spacial score (nSPS) is 28.2. The highest BCUT2D eigenvalue weighted by atomic mass is 32.2. The van der Waals surface area contributed by atoms with Gasteiger partial charge in [0.1, 0.15) is 5.76 Å². The summed E-state index contributed by atoms with van der Waals surface area (Å²) in [5, 5.41) is 0. The summed E-state index contributed by atoms with van der Waals surface area (Å²) in [6, 6.07) is 3.51. The van der Waals surface area contributed by atoms with E-state index >= 15 is 0 Å². The summed E-state index contributed by atoms with van der Waals surface area (Å²) in [6.07, 6.45) is 5.23. The average Bonchev–Trinajstić information content (AvgIpc) is 3.19. The molecule has 0 spiro atoms. The molecule has 1 aromatic rings. The lowest BCUT2D eigenvalue weighted by Gasteiger charge is -2.35. The standard InChI is InChI=1S/C15H24N2O4S/c1-20-12-13-5-2-8-16(11-13)22(18,19)17-9-3-6-14(17)15-7-4-10-21-15/h4,7,10,13-14H,2-3,5-6,8-9,11-12H2,1H3/t13-,14-/m1/s1. The molecule has 0 amide bonds. The second-order valence-electron chi connectivity index (χ2n) is 6.11. The van der Waals surface area contributed by atoms with E-state index in [1.807, 2.05) is 12.1 Å². The molecule has 3 rings (SSSR count). The van der Waals surface area contributed by atoms with Crippen molar-refractivity contribution < 1.29 is 17.6 Å². The molecule has 1 aromatic heterocycles. The summed E-state index contributed by atoms with van der Waals surface area (Å²) in [5.41, 5.74) is 0. The third-order valence-corrected chi connectivity index (χ3v) is 6.60. The minimum absolute atomic E-state index is 0.164. The predicted octanol–water partition coefficient (Wildman–Crippen LogP) is 2.02. The Balaban J connectivity index is 1.77. The average molecular weight is 328 g/mol. The molecule has 6 nitrogen and oxygen atoms in total. The number of methoxy groups -OCH3 is 1. The molecule has 3 heterocycles. The zero-order valence-corrected chi connectivity index (χ0v) is 13.8. The first-order valence-electron chi connectivity index (χ1n) is 7.92. The van der Waals surface area contributed by atoms with Gasteiger partial charge in [-0.1, -0.05) is 0 Å². The molecule has 0 saturated carbocycles. The van der Waals surface area contributed by atoms with Gasteiger partial charge in [0.2, 0.25) is 0 Å². The summed E-state index contributed by atoms with van der Waals surface area (Å²) >= 11 is 0. The fourth-order valence-electron chi connectivity index (χ4n) is 3.54. The summed E-state index contributed by atoms with van der Waals surface area (Å²) in [7, 11) is -1.77. The Labute approximate surface area is 132 Å². The molecule has 0 bridgehead atoms. The van der Waals surface area contributed by atoms with Gasteiger partial charge in [-0.2, -0.15) is 17.0 Å². The first-order chi connectivity index (χ1) is 10.6. The van der Waals surface area contributed by atoms with Crippen LogP contribution >= 0.6 is 0 Å². The van der Waals surface area contributed by atoms with Gasteiger partial charge in [0.25, 0.3) is 10.2 Å². The van der Waals surface area contributed by atoms with Gasteiger partial charge in [-0.3, -0.25) is 0 Å². The van der Waals surface area contributed by atoms with Crippen molar-refractivity contribution in [3.05, 3.63) is 24.2 Å². The fraction of sp³-hybridized carbons (Fsp3) is 0.733. The van der Waals surface area contributed by atoms with E-state index in [2.05, 4.69) is 0 Å². The monoisotopic (exact) mass is 328 g/mol. The molecule has 2 fully saturated rings. The van der Waals surface area contributed by atoms with E-state index in [0.29, 0.717) is 26.2 Å². The van der Waals surface area contributed by atoms with Crippen molar-refractivity contribution in [3.8, 4) is 0 Å². The first kappa shape index (κ1) is 16.0. The Morgan fingerprint density at radius 3 is 2.86 bits per heavy atom. The van der Waals surface area contributed by atoms with Crippen LogP contribution in [0, 0.1) is 5.92 Å². The molecule has 2 aliphatic heterocycles. The molecule has 22 heavy (non-hydrogen) atoms. The number of rotatable bonds is 5. The van der Waals surface area contributed by atoms with Crippen molar-refractivity contribution in [2.24, 2.45) is 5.92 Å². The minimum atomic E-state index is -3.44. The number of hydrogen-bond acceptors (Lipinski definition) is 4. The molecular weight excluding hydrogens is 304 g/mol. The maximum Gasteiger partial charge on any atom is 0.282 e. The second-order valence-corrected chi connectivity index (χ2v) is 7.99. The largest absolute Gasteiger partial charge is 0.468 e. The van der Waals surface area contributed by atoms with Crippen molar-refractivity contribution in [1.82, 2.24) is 8.61 Å². The SMILES string of the molecule is COC[C@@H]1CCCN(S(=O)(=O)N2CCC[C@@H]2c2ccco2)C1. The number of nitrogens with zero attached hydrogens (tertiary/aromatic N) is 2. The van der Waals surface area contributed by atoms with Crippen LogP contribution in [0.1, 0.15) is 37.5 Å². The van der Waals surface area contributed by atoms with Crippen LogP contribution in [0.2, 0.25) is 0 Å². The molecule has 2 aliphatic rings. The topological polar surface area (TPSA) is 63.0 Å². The van der Waals surface area contributed by atoms with Crippen LogP contribution in [0.25, 0.3) is 0 Å². The van der Waals surface area contributed by atoms with Crippen LogP contribution in [0.3, 0.4) is 0 Å². The molecule has 0 unspecified atom stereocenters. The van der Waals surface area contributed by atoms with Crippen LogP contribution in [0.5, 0.6) is 0 Å². The molecule has 7 heteroatoms. The lowest BCUT2D eigenvalue weighted by Crippen LogP contribution is -2.48. The van der Waals surface area contributed by atoms with Crippen LogP contribution < -0.4 is 0 Å². The smallest absolute Gasteiger partial charge is 0.282 e. The van der Waals surface area contributed by atoms with Crippen molar-refractivity contribution in [3.63, 3.8) is 0 Å². The third-order valence-electron chi connectivity index (χ3n) is 4.58. The molecule has 0 aromatic carbocycles. The Hall–Kier alpha value is -0.890. The lowest BCUT2D eigenvalue weighted by molar-refractivity contribution is 0.116. The number of ether oxygens (including phenoxy) is 1. The first-order valence-corrected chi connectivity index (χ1v) is 9.32. The van der Waals surface area contributed by atoms with Crippen molar-refractivity contribution >= 4 is 10.2 Å².